The minimum absolute atomic E-state index is 0.104. The average molecular weight is 584 g/mol. The Morgan fingerprint density at radius 3 is 2.15 bits per heavy atom. The number of benzene rings is 3. The van der Waals surface area contributed by atoms with Gasteiger partial charge in [-0.25, -0.2) is 8.42 Å². The number of aryl methyl sites for hydroxylation is 1. The summed E-state index contributed by atoms with van der Waals surface area (Å²) < 4.78 is 27.1. The molecule has 3 aromatic rings. The van der Waals surface area contributed by atoms with Gasteiger partial charge in [-0.2, -0.15) is 0 Å². The van der Waals surface area contributed by atoms with E-state index in [4.69, 9.17) is 11.6 Å². The van der Waals surface area contributed by atoms with E-state index in [0.717, 1.165) is 32.8 Å². The fourth-order valence-electron chi connectivity index (χ4n) is 4.36. The topological polar surface area (TPSA) is 86.8 Å². The molecule has 214 valence electrons. The van der Waals surface area contributed by atoms with Crippen LogP contribution >= 0.6 is 11.6 Å². The molecule has 40 heavy (non-hydrogen) atoms. The van der Waals surface area contributed by atoms with Crippen molar-refractivity contribution in [1.29, 1.82) is 0 Å². The van der Waals surface area contributed by atoms with Gasteiger partial charge in [0.25, 0.3) is 0 Å². The van der Waals surface area contributed by atoms with Crippen LogP contribution in [0.4, 0.5) is 5.69 Å². The molecule has 1 atom stereocenters. The molecule has 0 aromatic heterocycles. The number of carbonyl (C=O) groups is 2. The third-order valence-electron chi connectivity index (χ3n) is 6.75. The number of amides is 2. The summed E-state index contributed by atoms with van der Waals surface area (Å²) in [5.74, 6) is -0.564. The lowest BCUT2D eigenvalue weighted by Crippen LogP contribution is -2.53. The van der Waals surface area contributed by atoms with E-state index in [0.29, 0.717) is 17.3 Å². The minimum atomic E-state index is -3.82. The molecule has 0 aliphatic carbocycles. The van der Waals surface area contributed by atoms with Crippen LogP contribution < -0.4 is 9.62 Å². The van der Waals surface area contributed by atoms with Gasteiger partial charge >= 0.3 is 0 Å². The normalized spacial score (nSPS) is 12.2. The van der Waals surface area contributed by atoms with Crippen LogP contribution in [0.1, 0.15) is 36.1 Å². The van der Waals surface area contributed by atoms with Gasteiger partial charge in [0, 0.05) is 24.5 Å². The van der Waals surface area contributed by atoms with E-state index in [-0.39, 0.29) is 24.8 Å². The maximum Gasteiger partial charge on any atom is 0.244 e. The third kappa shape index (κ3) is 8.57. The number of rotatable bonds is 12. The zero-order valence-corrected chi connectivity index (χ0v) is 25.3. The summed E-state index contributed by atoms with van der Waals surface area (Å²) >= 11 is 6.10. The summed E-state index contributed by atoms with van der Waals surface area (Å²) in [6, 6.07) is 21.0. The van der Waals surface area contributed by atoms with Gasteiger partial charge in [0.2, 0.25) is 21.8 Å². The number of anilines is 1. The molecule has 9 heteroatoms. The number of nitrogens with one attached hydrogen (secondary N) is 1. The smallest absolute Gasteiger partial charge is 0.244 e. The van der Waals surface area contributed by atoms with E-state index in [2.05, 4.69) is 5.32 Å². The van der Waals surface area contributed by atoms with Crippen molar-refractivity contribution >= 4 is 39.1 Å². The Kier molecular flexibility index (Phi) is 10.8. The Hall–Kier alpha value is -3.36. The molecule has 0 unspecified atom stereocenters. The Morgan fingerprint density at radius 1 is 0.900 bits per heavy atom. The second-order valence-corrected chi connectivity index (χ2v) is 12.8. The largest absolute Gasteiger partial charge is 0.354 e. The van der Waals surface area contributed by atoms with Crippen molar-refractivity contribution in [3.63, 3.8) is 0 Å². The maximum atomic E-state index is 14.1. The van der Waals surface area contributed by atoms with Crippen molar-refractivity contribution in [2.75, 3.05) is 23.7 Å². The molecule has 0 spiro atoms. The first-order valence-electron chi connectivity index (χ1n) is 13.3. The standard InChI is InChI=1S/C31H38ClN3O4S/c1-22(2)19-33-31(37)29(18-25-11-7-6-8-12-25)34(20-26-14-16-27(32)17-15-26)30(36)21-35(40(5,38)39)28-13-9-10-23(3)24(28)4/h6-17,22,29H,18-21H2,1-5H3,(H,33,37)/t29-/m0/s1. The van der Waals surface area contributed by atoms with E-state index in [1.165, 1.54) is 4.90 Å². The molecular formula is C31H38ClN3O4S. The van der Waals surface area contributed by atoms with E-state index in [1.54, 1.807) is 36.4 Å². The van der Waals surface area contributed by atoms with Gasteiger partial charge in [-0.05, 0) is 60.2 Å². The van der Waals surface area contributed by atoms with Crippen LogP contribution in [0, 0.1) is 19.8 Å². The summed E-state index contributed by atoms with van der Waals surface area (Å²) in [4.78, 5) is 29.2. The van der Waals surface area contributed by atoms with Crippen molar-refractivity contribution in [3.05, 3.63) is 100 Å². The summed E-state index contributed by atoms with van der Waals surface area (Å²) in [5.41, 5.74) is 3.76. The average Bonchev–Trinajstić information content (AvgIpc) is 2.90. The van der Waals surface area contributed by atoms with Gasteiger partial charge in [-0.15, -0.1) is 0 Å². The zero-order chi connectivity index (χ0) is 29.4. The molecule has 0 aliphatic rings. The highest BCUT2D eigenvalue weighted by atomic mass is 35.5. The Balaban J connectivity index is 2.07. The van der Waals surface area contributed by atoms with E-state index in [9.17, 15) is 18.0 Å². The quantitative estimate of drug-likeness (QED) is 0.320. The first-order valence-corrected chi connectivity index (χ1v) is 15.5. The Bertz CT molecular complexity index is 1410. The molecule has 0 bridgehead atoms. The van der Waals surface area contributed by atoms with Crippen molar-refractivity contribution < 1.29 is 18.0 Å². The molecule has 3 aromatic carbocycles. The monoisotopic (exact) mass is 583 g/mol. The number of carbonyl (C=O) groups excluding carboxylic acids is 2. The predicted octanol–water partition coefficient (Wildman–Crippen LogP) is 5.14. The minimum Gasteiger partial charge on any atom is -0.354 e. The molecule has 2 amide bonds. The fourth-order valence-corrected chi connectivity index (χ4v) is 5.39. The number of sulfonamides is 1. The van der Waals surface area contributed by atoms with Crippen LogP contribution in [0.2, 0.25) is 5.02 Å². The van der Waals surface area contributed by atoms with E-state index in [1.807, 2.05) is 64.1 Å². The molecule has 1 N–H and O–H groups in total. The highest BCUT2D eigenvalue weighted by Gasteiger charge is 2.33. The lowest BCUT2D eigenvalue weighted by Gasteiger charge is -2.34. The second kappa shape index (κ2) is 13.8. The fraction of sp³-hybridized carbons (Fsp3) is 0.355. The molecular weight excluding hydrogens is 546 g/mol. The first-order chi connectivity index (χ1) is 18.9. The van der Waals surface area contributed by atoms with Gasteiger partial charge in [-0.3, -0.25) is 13.9 Å². The van der Waals surface area contributed by atoms with E-state index < -0.39 is 28.5 Å². The van der Waals surface area contributed by atoms with Gasteiger partial charge in [0.1, 0.15) is 12.6 Å². The third-order valence-corrected chi connectivity index (χ3v) is 8.12. The van der Waals surface area contributed by atoms with Crippen LogP contribution in [0.25, 0.3) is 0 Å². The zero-order valence-electron chi connectivity index (χ0n) is 23.7. The molecule has 7 nitrogen and oxygen atoms in total. The summed E-state index contributed by atoms with van der Waals surface area (Å²) in [7, 11) is -3.82. The molecule has 3 rings (SSSR count). The lowest BCUT2D eigenvalue weighted by atomic mass is 10.0. The Labute approximate surface area is 243 Å². The van der Waals surface area contributed by atoms with Gasteiger partial charge in [0.15, 0.2) is 0 Å². The van der Waals surface area contributed by atoms with Crippen LogP contribution in [0.3, 0.4) is 0 Å². The number of halogens is 1. The van der Waals surface area contributed by atoms with Gasteiger partial charge in [0.05, 0.1) is 11.9 Å². The molecule has 0 heterocycles. The van der Waals surface area contributed by atoms with Gasteiger partial charge < -0.3 is 10.2 Å². The van der Waals surface area contributed by atoms with E-state index >= 15 is 0 Å². The highest BCUT2D eigenvalue weighted by molar-refractivity contribution is 7.92. The predicted molar refractivity (Wildman–Crippen MR) is 162 cm³/mol. The SMILES string of the molecule is Cc1cccc(N(CC(=O)N(Cc2ccc(Cl)cc2)[C@@H](Cc2ccccc2)C(=O)NCC(C)C)S(C)(=O)=O)c1C. The second-order valence-electron chi connectivity index (χ2n) is 10.5. The Morgan fingerprint density at radius 2 is 1.55 bits per heavy atom. The van der Waals surface area contributed by atoms with Crippen LogP contribution in [-0.2, 0) is 32.6 Å². The number of hydrogen-bond donors (Lipinski definition) is 1. The molecule has 0 fully saturated rings. The van der Waals surface area contributed by atoms with Crippen LogP contribution in [0.15, 0.2) is 72.8 Å². The summed E-state index contributed by atoms with van der Waals surface area (Å²) in [6.07, 6.45) is 1.36. The molecule has 0 radical (unpaired) electrons. The number of nitrogens with zero attached hydrogens (tertiary/aromatic N) is 2. The van der Waals surface area contributed by atoms with Crippen LogP contribution in [0.5, 0.6) is 0 Å². The molecule has 0 saturated heterocycles. The molecule has 0 aliphatic heterocycles. The highest BCUT2D eigenvalue weighted by Crippen LogP contribution is 2.26. The summed E-state index contributed by atoms with van der Waals surface area (Å²) in [6.45, 7) is 7.82. The lowest BCUT2D eigenvalue weighted by molar-refractivity contribution is -0.140. The van der Waals surface area contributed by atoms with Crippen LogP contribution in [-0.4, -0.2) is 50.5 Å². The van der Waals surface area contributed by atoms with Gasteiger partial charge in [-0.1, -0.05) is 80.0 Å². The maximum absolute atomic E-state index is 14.1. The summed E-state index contributed by atoms with van der Waals surface area (Å²) in [5, 5.41) is 3.53. The number of hydrogen-bond acceptors (Lipinski definition) is 4. The first kappa shape index (κ1) is 31.2. The van der Waals surface area contributed by atoms with Crippen molar-refractivity contribution in [2.24, 2.45) is 5.92 Å². The van der Waals surface area contributed by atoms with Crippen molar-refractivity contribution in [2.45, 2.75) is 46.7 Å². The van der Waals surface area contributed by atoms with Crippen molar-refractivity contribution in [1.82, 2.24) is 10.2 Å². The molecule has 0 saturated carbocycles. The van der Waals surface area contributed by atoms with Crippen molar-refractivity contribution in [3.8, 4) is 0 Å².